The summed E-state index contributed by atoms with van der Waals surface area (Å²) < 4.78 is 5.63. The summed E-state index contributed by atoms with van der Waals surface area (Å²) in [5.41, 5.74) is 0. The minimum Gasteiger partial charge on any atom is -0.481 e. The average molecular weight is 267 g/mol. The zero-order chi connectivity index (χ0) is 13.4. The summed E-state index contributed by atoms with van der Waals surface area (Å²) in [6, 6.07) is 0.231. The summed E-state index contributed by atoms with van der Waals surface area (Å²) in [5, 5.41) is 12.3. The largest absolute Gasteiger partial charge is 0.481 e. The molecule has 2 N–H and O–H groups in total. The summed E-state index contributed by atoms with van der Waals surface area (Å²) in [6.07, 6.45) is 6.73. The van der Waals surface area contributed by atoms with Crippen molar-refractivity contribution in [3.05, 3.63) is 0 Å². The molecule has 5 nitrogen and oxygen atoms in total. The third-order valence-electron chi connectivity index (χ3n) is 4.81. The standard InChI is InChI=1S/C14H21NO4/c16-13(15-8-4-2-1-3-5-8)11-9-6-7-10(19-9)12(11)14(17)18/h8-12H,1-7H2,(H,15,16)(H,17,18)/t9-,10-,11-,12-/m0/s1. The number of carbonyl (C=O) groups is 2. The SMILES string of the molecule is O=C(O)[C@@H]1[C@@H](C(=O)NC2CCCCC2)[C@@H]2CC[C@@H]1O2. The molecule has 0 aromatic rings. The van der Waals surface area contributed by atoms with Crippen LogP contribution in [-0.2, 0) is 14.3 Å². The molecule has 2 saturated heterocycles. The Morgan fingerprint density at radius 1 is 0.947 bits per heavy atom. The molecule has 3 fully saturated rings. The van der Waals surface area contributed by atoms with Gasteiger partial charge in [-0.15, -0.1) is 0 Å². The maximum atomic E-state index is 12.4. The molecule has 0 spiro atoms. The number of carboxylic acids is 1. The third kappa shape index (κ3) is 2.36. The van der Waals surface area contributed by atoms with E-state index in [1.807, 2.05) is 0 Å². The first kappa shape index (κ1) is 12.9. The Balaban J connectivity index is 1.66. The fraction of sp³-hybridized carbons (Fsp3) is 0.857. The molecule has 1 saturated carbocycles. The Morgan fingerprint density at radius 2 is 1.58 bits per heavy atom. The highest BCUT2D eigenvalue weighted by Crippen LogP contribution is 2.43. The van der Waals surface area contributed by atoms with Crippen molar-refractivity contribution >= 4 is 11.9 Å². The Morgan fingerprint density at radius 3 is 2.21 bits per heavy atom. The molecule has 2 bridgehead atoms. The van der Waals surface area contributed by atoms with E-state index in [1.54, 1.807) is 0 Å². The van der Waals surface area contributed by atoms with Crippen LogP contribution in [0.3, 0.4) is 0 Å². The van der Waals surface area contributed by atoms with Gasteiger partial charge in [-0.25, -0.2) is 0 Å². The van der Waals surface area contributed by atoms with Crippen molar-refractivity contribution in [1.82, 2.24) is 5.32 Å². The van der Waals surface area contributed by atoms with Crippen LogP contribution in [0.5, 0.6) is 0 Å². The number of hydrogen-bond acceptors (Lipinski definition) is 3. The fourth-order valence-electron chi connectivity index (χ4n) is 3.87. The smallest absolute Gasteiger partial charge is 0.310 e. The van der Waals surface area contributed by atoms with Crippen molar-refractivity contribution in [3.63, 3.8) is 0 Å². The highest BCUT2D eigenvalue weighted by atomic mass is 16.5. The number of carboxylic acid groups (broad SMARTS) is 1. The third-order valence-corrected chi connectivity index (χ3v) is 4.81. The molecule has 0 aromatic heterocycles. The van der Waals surface area contributed by atoms with Gasteiger partial charge in [0.25, 0.3) is 0 Å². The first-order chi connectivity index (χ1) is 9.16. The summed E-state index contributed by atoms with van der Waals surface area (Å²) in [6.45, 7) is 0. The molecule has 3 rings (SSSR count). The van der Waals surface area contributed by atoms with E-state index in [0.717, 1.165) is 38.5 Å². The van der Waals surface area contributed by atoms with Gasteiger partial charge in [-0.3, -0.25) is 9.59 Å². The first-order valence-electron chi connectivity index (χ1n) is 7.35. The second kappa shape index (κ2) is 5.12. The van der Waals surface area contributed by atoms with Gasteiger partial charge in [-0.1, -0.05) is 19.3 Å². The van der Waals surface area contributed by atoms with Crippen molar-refractivity contribution in [2.75, 3.05) is 0 Å². The minimum absolute atomic E-state index is 0.105. The van der Waals surface area contributed by atoms with Crippen molar-refractivity contribution in [1.29, 1.82) is 0 Å². The maximum Gasteiger partial charge on any atom is 0.310 e. The zero-order valence-electron chi connectivity index (χ0n) is 11.0. The lowest BCUT2D eigenvalue weighted by atomic mass is 9.78. The lowest BCUT2D eigenvalue weighted by Gasteiger charge is -2.28. The van der Waals surface area contributed by atoms with E-state index in [0.29, 0.717) is 0 Å². The molecule has 5 heteroatoms. The Hall–Kier alpha value is -1.10. The molecule has 3 aliphatic rings. The van der Waals surface area contributed by atoms with Crippen molar-refractivity contribution in [3.8, 4) is 0 Å². The number of carbonyl (C=O) groups excluding carboxylic acids is 1. The molecule has 0 aromatic carbocycles. The molecule has 1 amide bonds. The van der Waals surface area contributed by atoms with Gasteiger partial charge in [0.15, 0.2) is 0 Å². The molecule has 1 aliphatic carbocycles. The van der Waals surface area contributed by atoms with Gasteiger partial charge in [-0.2, -0.15) is 0 Å². The molecule has 0 unspecified atom stereocenters. The molecular formula is C14H21NO4. The van der Waals surface area contributed by atoms with Gasteiger partial charge in [0, 0.05) is 6.04 Å². The number of fused-ring (bicyclic) bond motifs is 2. The number of hydrogen-bond donors (Lipinski definition) is 2. The van der Waals surface area contributed by atoms with Crippen molar-refractivity contribution in [2.45, 2.75) is 63.2 Å². The van der Waals surface area contributed by atoms with Crippen LogP contribution in [0.2, 0.25) is 0 Å². The highest BCUT2D eigenvalue weighted by Gasteiger charge is 2.55. The van der Waals surface area contributed by atoms with Gasteiger partial charge in [0.05, 0.1) is 24.0 Å². The highest BCUT2D eigenvalue weighted by molar-refractivity contribution is 5.86. The quantitative estimate of drug-likeness (QED) is 0.808. The van der Waals surface area contributed by atoms with Crippen molar-refractivity contribution in [2.24, 2.45) is 11.8 Å². The predicted molar refractivity (Wildman–Crippen MR) is 67.5 cm³/mol. The summed E-state index contributed by atoms with van der Waals surface area (Å²) >= 11 is 0. The summed E-state index contributed by atoms with van der Waals surface area (Å²) in [5.74, 6) is -2.14. The molecular weight excluding hydrogens is 246 g/mol. The molecule has 106 valence electrons. The van der Waals surface area contributed by atoms with Crippen LogP contribution < -0.4 is 5.32 Å². The number of amides is 1. The summed E-state index contributed by atoms with van der Waals surface area (Å²) in [7, 11) is 0. The Kier molecular flexibility index (Phi) is 3.48. The number of rotatable bonds is 3. The van der Waals surface area contributed by atoms with Gasteiger partial charge in [0.2, 0.25) is 5.91 Å². The van der Waals surface area contributed by atoms with Crippen LogP contribution in [0.25, 0.3) is 0 Å². The van der Waals surface area contributed by atoms with Gasteiger partial charge in [0.1, 0.15) is 0 Å². The second-order valence-corrected chi connectivity index (χ2v) is 6.02. The predicted octanol–water partition coefficient (Wildman–Crippen LogP) is 1.31. The van der Waals surface area contributed by atoms with E-state index in [-0.39, 0.29) is 24.2 Å². The van der Waals surface area contributed by atoms with E-state index < -0.39 is 17.8 Å². The molecule has 4 atom stereocenters. The maximum absolute atomic E-state index is 12.4. The van der Waals surface area contributed by atoms with E-state index in [2.05, 4.69) is 5.32 Å². The summed E-state index contributed by atoms with van der Waals surface area (Å²) in [4.78, 5) is 23.7. The van der Waals surface area contributed by atoms with E-state index in [1.165, 1.54) is 6.42 Å². The molecule has 2 aliphatic heterocycles. The topological polar surface area (TPSA) is 75.6 Å². The second-order valence-electron chi connectivity index (χ2n) is 6.02. The monoisotopic (exact) mass is 267 g/mol. The lowest BCUT2D eigenvalue weighted by molar-refractivity contribution is -0.148. The Labute approximate surface area is 112 Å². The molecule has 0 radical (unpaired) electrons. The van der Waals surface area contributed by atoms with E-state index in [9.17, 15) is 14.7 Å². The van der Waals surface area contributed by atoms with Gasteiger partial charge in [-0.05, 0) is 25.7 Å². The zero-order valence-corrected chi connectivity index (χ0v) is 11.0. The van der Waals surface area contributed by atoms with Crippen LogP contribution >= 0.6 is 0 Å². The van der Waals surface area contributed by atoms with E-state index in [4.69, 9.17) is 4.74 Å². The normalized spacial score (nSPS) is 38.3. The number of aliphatic carboxylic acids is 1. The molecule has 2 heterocycles. The van der Waals surface area contributed by atoms with Gasteiger partial charge < -0.3 is 15.2 Å². The van der Waals surface area contributed by atoms with Crippen LogP contribution in [-0.4, -0.2) is 35.2 Å². The number of ether oxygens (including phenoxy) is 1. The minimum atomic E-state index is -0.893. The molecule has 19 heavy (non-hydrogen) atoms. The lowest BCUT2D eigenvalue weighted by Crippen LogP contribution is -2.47. The fourth-order valence-corrected chi connectivity index (χ4v) is 3.87. The van der Waals surface area contributed by atoms with Crippen LogP contribution in [0.1, 0.15) is 44.9 Å². The van der Waals surface area contributed by atoms with Crippen LogP contribution in [0.15, 0.2) is 0 Å². The van der Waals surface area contributed by atoms with Crippen LogP contribution in [0, 0.1) is 11.8 Å². The van der Waals surface area contributed by atoms with Gasteiger partial charge >= 0.3 is 5.97 Å². The Bertz CT molecular complexity index is 378. The average Bonchev–Trinajstić information content (AvgIpc) is 2.99. The van der Waals surface area contributed by atoms with Crippen LogP contribution in [0.4, 0.5) is 0 Å². The number of nitrogens with one attached hydrogen (secondary N) is 1. The van der Waals surface area contributed by atoms with E-state index >= 15 is 0 Å². The van der Waals surface area contributed by atoms with Crippen molar-refractivity contribution < 1.29 is 19.4 Å². The first-order valence-corrected chi connectivity index (χ1v) is 7.35.